The van der Waals surface area contributed by atoms with Crippen LogP contribution in [-0.4, -0.2) is 17.1 Å². The van der Waals surface area contributed by atoms with Gasteiger partial charge in [0.1, 0.15) is 11.6 Å². The van der Waals surface area contributed by atoms with Crippen molar-refractivity contribution < 1.29 is 4.74 Å². The second-order valence-corrected chi connectivity index (χ2v) is 3.51. The number of rotatable bonds is 3. The molecular weight excluding hydrogens is 188 g/mol. The number of nitrogens with zero attached hydrogens (tertiary/aromatic N) is 1. The van der Waals surface area contributed by atoms with Gasteiger partial charge in [-0.15, -0.1) is 0 Å². The first-order chi connectivity index (χ1) is 7.28. The number of imidazole rings is 1. The van der Waals surface area contributed by atoms with Crippen molar-refractivity contribution in [3.63, 3.8) is 0 Å². The number of methoxy groups -OCH3 is 1. The van der Waals surface area contributed by atoms with E-state index < -0.39 is 0 Å². The molecule has 0 saturated carbocycles. The molecule has 0 aliphatic heterocycles. The van der Waals surface area contributed by atoms with Crippen LogP contribution in [0.5, 0.6) is 5.75 Å². The molecule has 3 nitrogen and oxygen atoms in total. The van der Waals surface area contributed by atoms with Crippen LogP contribution in [0.3, 0.4) is 0 Å². The van der Waals surface area contributed by atoms with E-state index in [-0.39, 0.29) is 0 Å². The SMILES string of the molecule is COc1ccc(Cc2nc(C)c[nH]2)cc1. The van der Waals surface area contributed by atoms with Gasteiger partial charge in [-0.25, -0.2) is 4.98 Å². The quantitative estimate of drug-likeness (QED) is 0.829. The maximum Gasteiger partial charge on any atom is 0.118 e. The van der Waals surface area contributed by atoms with Gasteiger partial charge in [-0.2, -0.15) is 0 Å². The van der Waals surface area contributed by atoms with Crippen LogP contribution in [0.15, 0.2) is 30.5 Å². The monoisotopic (exact) mass is 202 g/mol. The van der Waals surface area contributed by atoms with Crippen molar-refractivity contribution in [1.82, 2.24) is 9.97 Å². The molecule has 15 heavy (non-hydrogen) atoms. The summed E-state index contributed by atoms with van der Waals surface area (Å²) in [6.45, 7) is 1.98. The van der Waals surface area contributed by atoms with Gasteiger partial charge in [-0.3, -0.25) is 0 Å². The minimum atomic E-state index is 0.831. The van der Waals surface area contributed by atoms with Crippen molar-refractivity contribution in [3.05, 3.63) is 47.5 Å². The molecule has 1 heterocycles. The highest BCUT2D eigenvalue weighted by Gasteiger charge is 2.00. The Morgan fingerprint density at radius 3 is 2.53 bits per heavy atom. The zero-order chi connectivity index (χ0) is 10.7. The molecule has 0 radical (unpaired) electrons. The number of aryl methyl sites for hydroxylation is 1. The Balaban J connectivity index is 2.11. The Kier molecular flexibility index (Phi) is 2.72. The lowest BCUT2D eigenvalue weighted by molar-refractivity contribution is 0.414. The third-order valence-electron chi connectivity index (χ3n) is 2.29. The van der Waals surface area contributed by atoms with E-state index in [1.54, 1.807) is 7.11 Å². The first kappa shape index (κ1) is 9.77. The molecule has 0 bridgehead atoms. The zero-order valence-corrected chi connectivity index (χ0v) is 8.95. The van der Waals surface area contributed by atoms with Crippen LogP contribution in [0.2, 0.25) is 0 Å². The molecule has 78 valence electrons. The van der Waals surface area contributed by atoms with Crippen molar-refractivity contribution in [2.24, 2.45) is 0 Å². The van der Waals surface area contributed by atoms with E-state index in [4.69, 9.17) is 4.74 Å². The summed E-state index contributed by atoms with van der Waals surface area (Å²) in [4.78, 5) is 7.50. The third kappa shape index (κ3) is 2.37. The highest BCUT2D eigenvalue weighted by Crippen LogP contribution is 2.13. The Bertz CT molecular complexity index is 431. The highest BCUT2D eigenvalue weighted by molar-refractivity contribution is 5.28. The lowest BCUT2D eigenvalue weighted by atomic mass is 10.1. The molecule has 0 spiro atoms. The molecule has 0 saturated heterocycles. The summed E-state index contributed by atoms with van der Waals surface area (Å²) in [5.74, 6) is 1.88. The third-order valence-corrected chi connectivity index (χ3v) is 2.29. The minimum absolute atomic E-state index is 0.831. The predicted molar refractivity (Wildman–Crippen MR) is 59.1 cm³/mol. The number of hydrogen-bond acceptors (Lipinski definition) is 2. The van der Waals surface area contributed by atoms with Crippen LogP contribution >= 0.6 is 0 Å². The smallest absolute Gasteiger partial charge is 0.118 e. The van der Waals surface area contributed by atoms with Crippen LogP contribution in [0.1, 0.15) is 17.1 Å². The molecule has 0 unspecified atom stereocenters. The van der Waals surface area contributed by atoms with Gasteiger partial charge in [-0.05, 0) is 24.6 Å². The Hall–Kier alpha value is -1.77. The van der Waals surface area contributed by atoms with E-state index in [0.717, 1.165) is 23.7 Å². The number of benzene rings is 1. The summed E-state index contributed by atoms with van der Waals surface area (Å²) in [6, 6.07) is 8.03. The van der Waals surface area contributed by atoms with Crippen molar-refractivity contribution >= 4 is 0 Å². The number of H-pyrrole nitrogens is 1. The summed E-state index contributed by atoms with van der Waals surface area (Å²) in [6.07, 6.45) is 2.75. The molecule has 3 heteroatoms. The first-order valence-corrected chi connectivity index (χ1v) is 4.92. The number of aromatic amines is 1. The standard InChI is InChI=1S/C12H14N2O/c1-9-8-13-12(14-9)7-10-3-5-11(15-2)6-4-10/h3-6,8H,7H2,1-2H3,(H,13,14). The Morgan fingerprint density at radius 2 is 2.00 bits per heavy atom. The number of hydrogen-bond donors (Lipinski definition) is 1. The van der Waals surface area contributed by atoms with Gasteiger partial charge in [0.25, 0.3) is 0 Å². The molecule has 2 aromatic rings. The second kappa shape index (κ2) is 4.17. The summed E-state index contributed by atoms with van der Waals surface area (Å²) in [5.41, 5.74) is 2.25. The van der Waals surface area contributed by atoms with Gasteiger partial charge in [0, 0.05) is 12.6 Å². The average Bonchev–Trinajstić information content (AvgIpc) is 2.65. The van der Waals surface area contributed by atoms with E-state index in [0.29, 0.717) is 0 Å². The molecule has 0 aliphatic carbocycles. The fourth-order valence-electron chi connectivity index (χ4n) is 1.49. The minimum Gasteiger partial charge on any atom is -0.497 e. The summed E-state index contributed by atoms with van der Waals surface area (Å²) < 4.78 is 5.10. The molecule has 2 rings (SSSR count). The number of aromatic nitrogens is 2. The lowest BCUT2D eigenvalue weighted by Crippen LogP contribution is -1.91. The molecule has 0 aliphatic rings. The van der Waals surface area contributed by atoms with Crippen LogP contribution < -0.4 is 4.74 Å². The fourth-order valence-corrected chi connectivity index (χ4v) is 1.49. The predicted octanol–water partition coefficient (Wildman–Crippen LogP) is 2.32. The largest absolute Gasteiger partial charge is 0.497 e. The van der Waals surface area contributed by atoms with Crippen molar-refractivity contribution in [2.75, 3.05) is 7.11 Å². The second-order valence-electron chi connectivity index (χ2n) is 3.51. The first-order valence-electron chi connectivity index (χ1n) is 4.92. The van der Waals surface area contributed by atoms with Gasteiger partial charge in [-0.1, -0.05) is 12.1 Å². The molecule has 0 fully saturated rings. The average molecular weight is 202 g/mol. The molecule has 1 aromatic heterocycles. The highest BCUT2D eigenvalue weighted by atomic mass is 16.5. The van der Waals surface area contributed by atoms with Crippen molar-refractivity contribution in [1.29, 1.82) is 0 Å². The summed E-state index contributed by atoms with van der Waals surface area (Å²) >= 11 is 0. The van der Waals surface area contributed by atoms with Crippen LogP contribution in [0, 0.1) is 6.92 Å². The van der Waals surface area contributed by atoms with E-state index in [2.05, 4.69) is 22.1 Å². The van der Waals surface area contributed by atoms with E-state index in [1.807, 2.05) is 25.3 Å². The lowest BCUT2D eigenvalue weighted by Gasteiger charge is -2.01. The molecule has 0 amide bonds. The maximum atomic E-state index is 5.10. The maximum absolute atomic E-state index is 5.10. The molecular formula is C12H14N2O. The summed E-state index contributed by atoms with van der Waals surface area (Å²) in [5, 5.41) is 0. The molecule has 0 atom stereocenters. The fraction of sp³-hybridized carbons (Fsp3) is 0.250. The van der Waals surface area contributed by atoms with Gasteiger partial charge in [0.05, 0.1) is 12.8 Å². The molecule has 1 N–H and O–H groups in total. The molecule has 1 aromatic carbocycles. The van der Waals surface area contributed by atoms with Gasteiger partial charge in [0.2, 0.25) is 0 Å². The van der Waals surface area contributed by atoms with Crippen molar-refractivity contribution in [2.45, 2.75) is 13.3 Å². The number of nitrogens with one attached hydrogen (secondary N) is 1. The van der Waals surface area contributed by atoms with E-state index in [1.165, 1.54) is 5.56 Å². The van der Waals surface area contributed by atoms with Gasteiger partial charge < -0.3 is 9.72 Å². The zero-order valence-electron chi connectivity index (χ0n) is 8.95. The van der Waals surface area contributed by atoms with Gasteiger partial charge in [0.15, 0.2) is 0 Å². The van der Waals surface area contributed by atoms with Crippen molar-refractivity contribution in [3.8, 4) is 5.75 Å². The normalized spacial score (nSPS) is 10.3. The van der Waals surface area contributed by atoms with Crippen LogP contribution in [0.25, 0.3) is 0 Å². The Morgan fingerprint density at radius 1 is 1.27 bits per heavy atom. The van der Waals surface area contributed by atoms with Crippen LogP contribution in [-0.2, 0) is 6.42 Å². The van der Waals surface area contributed by atoms with Gasteiger partial charge >= 0.3 is 0 Å². The number of ether oxygens (including phenoxy) is 1. The Labute approximate surface area is 89.1 Å². The van der Waals surface area contributed by atoms with E-state index in [9.17, 15) is 0 Å². The van der Waals surface area contributed by atoms with Crippen LogP contribution in [0.4, 0.5) is 0 Å². The topological polar surface area (TPSA) is 37.9 Å². The summed E-state index contributed by atoms with van der Waals surface area (Å²) in [7, 11) is 1.67. The van der Waals surface area contributed by atoms with E-state index >= 15 is 0 Å².